The Morgan fingerprint density at radius 2 is 1.88 bits per heavy atom. The highest BCUT2D eigenvalue weighted by atomic mass is 16.5. The molecule has 1 aliphatic carbocycles. The van der Waals surface area contributed by atoms with Gasteiger partial charge in [0, 0.05) is 24.3 Å². The third-order valence-corrected chi connectivity index (χ3v) is 6.01. The number of methoxy groups -OCH3 is 1. The van der Waals surface area contributed by atoms with E-state index in [4.69, 9.17) is 0 Å². The van der Waals surface area contributed by atoms with Gasteiger partial charge in [0.1, 0.15) is 6.33 Å². The van der Waals surface area contributed by atoms with Gasteiger partial charge >= 0.3 is 5.97 Å². The zero-order chi connectivity index (χ0) is 22.5. The van der Waals surface area contributed by atoms with E-state index in [-0.39, 0.29) is 28.9 Å². The number of rotatable bonds is 7. The van der Waals surface area contributed by atoms with Crippen molar-refractivity contribution >= 4 is 22.9 Å². The second kappa shape index (κ2) is 9.76. The zero-order valence-corrected chi connectivity index (χ0v) is 17.9. The molecule has 3 aromatic rings. The average Bonchev–Trinajstić information content (AvgIpc) is 2.84. The summed E-state index contributed by atoms with van der Waals surface area (Å²) in [5.74, 6) is -0.238. The number of pyridine rings is 1. The second-order valence-electron chi connectivity index (χ2n) is 8.11. The molecule has 1 atom stereocenters. The molecule has 3 heterocycles. The van der Waals surface area contributed by atoms with E-state index in [9.17, 15) is 14.4 Å². The van der Waals surface area contributed by atoms with Crippen LogP contribution < -0.4 is 5.56 Å². The molecule has 3 aromatic heterocycles. The maximum atomic E-state index is 13.4. The van der Waals surface area contributed by atoms with Crippen LogP contribution in [0.15, 0.2) is 41.8 Å². The number of ether oxygens (including phenoxy) is 1. The second-order valence-corrected chi connectivity index (χ2v) is 8.11. The summed E-state index contributed by atoms with van der Waals surface area (Å²) in [6, 6.07) is 2.55. The normalized spacial score (nSPS) is 15.4. The summed E-state index contributed by atoms with van der Waals surface area (Å²) in [7, 11) is 1.30. The fourth-order valence-corrected chi connectivity index (χ4v) is 4.29. The summed E-state index contributed by atoms with van der Waals surface area (Å²) >= 11 is 0. The highest BCUT2D eigenvalue weighted by Gasteiger charge is 2.28. The van der Waals surface area contributed by atoms with E-state index in [1.54, 1.807) is 12.1 Å². The summed E-state index contributed by atoms with van der Waals surface area (Å²) in [6.45, 7) is 0. The Labute approximate surface area is 184 Å². The predicted molar refractivity (Wildman–Crippen MR) is 116 cm³/mol. The van der Waals surface area contributed by atoms with Crippen LogP contribution in [0.2, 0.25) is 0 Å². The van der Waals surface area contributed by atoms with Gasteiger partial charge in [-0.3, -0.25) is 19.1 Å². The third-order valence-electron chi connectivity index (χ3n) is 6.01. The van der Waals surface area contributed by atoms with Gasteiger partial charge in [-0.2, -0.15) is 0 Å². The third kappa shape index (κ3) is 4.71. The molecular formula is C23H25N5O4. The minimum absolute atomic E-state index is 0.0454. The smallest absolute Gasteiger partial charge is 0.339 e. The lowest BCUT2D eigenvalue weighted by Crippen LogP contribution is -2.33. The van der Waals surface area contributed by atoms with Crippen LogP contribution >= 0.6 is 0 Å². The molecular weight excluding hydrogens is 410 g/mol. The Morgan fingerprint density at radius 3 is 2.59 bits per heavy atom. The molecule has 1 aliphatic rings. The van der Waals surface area contributed by atoms with Crippen molar-refractivity contribution in [2.75, 3.05) is 7.11 Å². The van der Waals surface area contributed by atoms with Gasteiger partial charge in [-0.1, -0.05) is 32.1 Å². The molecule has 1 unspecified atom stereocenters. The molecule has 0 radical (unpaired) electrons. The Hall–Kier alpha value is -3.49. The molecule has 0 aromatic carbocycles. The van der Waals surface area contributed by atoms with E-state index < -0.39 is 12.0 Å². The highest BCUT2D eigenvalue weighted by Crippen LogP contribution is 2.31. The van der Waals surface area contributed by atoms with Gasteiger partial charge in [-0.05, 0) is 24.5 Å². The van der Waals surface area contributed by atoms with Crippen LogP contribution in [0.4, 0.5) is 0 Å². The molecule has 0 aliphatic heterocycles. The van der Waals surface area contributed by atoms with Crippen molar-refractivity contribution in [3.05, 3.63) is 58.7 Å². The fraction of sp³-hybridized carbons (Fsp3) is 0.435. The maximum absolute atomic E-state index is 13.4. The molecule has 32 heavy (non-hydrogen) atoms. The van der Waals surface area contributed by atoms with Crippen LogP contribution in [0.25, 0.3) is 11.2 Å². The summed E-state index contributed by atoms with van der Waals surface area (Å²) in [5, 5.41) is 0. The molecule has 0 saturated heterocycles. The molecule has 9 heteroatoms. The van der Waals surface area contributed by atoms with E-state index in [2.05, 4.69) is 24.7 Å². The first-order valence-corrected chi connectivity index (χ1v) is 10.8. The first-order valence-electron chi connectivity index (χ1n) is 10.8. The lowest BCUT2D eigenvalue weighted by molar-refractivity contribution is -0.122. The maximum Gasteiger partial charge on any atom is 0.339 e. The molecule has 166 valence electrons. The van der Waals surface area contributed by atoms with E-state index in [0.717, 1.165) is 25.7 Å². The van der Waals surface area contributed by atoms with Crippen molar-refractivity contribution in [2.45, 2.75) is 51.0 Å². The van der Waals surface area contributed by atoms with Gasteiger partial charge in [-0.15, -0.1) is 0 Å². The standard InChI is InChI=1S/C23H25N5O4/c1-32-23(31)16-7-8-17(26-13-16)12-19(29)18(11-15-5-3-2-4-6-15)28-14-27-21-20(22(28)30)24-9-10-25-21/h7-10,13-15,18H,2-6,11-12H2,1H3. The van der Waals surface area contributed by atoms with Gasteiger partial charge in [0.15, 0.2) is 16.9 Å². The number of carbonyl (C=O) groups is 2. The van der Waals surface area contributed by atoms with Gasteiger partial charge < -0.3 is 4.74 Å². The van der Waals surface area contributed by atoms with Crippen molar-refractivity contribution in [1.82, 2.24) is 24.5 Å². The number of aromatic nitrogens is 5. The van der Waals surface area contributed by atoms with Crippen molar-refractivity contribution in [3.8, 4) is 0 Å². The Bertz CT molecular complexity index is 1170. The number of Topliss-reactive ketones (excluding diaryl/α,β-unsaturated/α-hetero) is 1. The number of fused-ring (bicyclic) bond motifs is 1. The van der Waals surface area contributed by atoms with Gasteiger partial charge in [0.25, 0.3) is 5.56 Å². The van der Waals surface area contributed by atoms with Crippen molar-refractivity contribution in [2.24, 2.45) is 5.92 Å². The van der Waals surface area contributed by atoms with Gasteiger partial charge in [0.2, 0.25) is 0 Å². The minimum Gasteiger partial charge on any atom is -0.465 e. The molecule has 0 bridgehead atoms. The Morgan fingerprint density at radius 1 is 1.09 bits per heavy atom. The quantitative estimate of drug-likeness (QED) is 0.520. The largest absolute Gasteiger partial charge is 0.465 e. The number of hydrogen-bond donors (Lipinski definition) is 0. The molecule has 9 nitrogen and oxygen atoms in total. The number of ketones is 1. The van der Waals surface area contributed by atoms with Crippen LogP contribution in [-0.2, 0) is 16.0 Å². The monoisotopic (exact) mass is 435 g/mol. The van der Waals surface area contributed by atoms with E-state index in [1.807, 2.05) is 0 Å². The van der Waals surface area contributed by atoms with Crippen LogP contribution in [0, 0.1) is 5.92 Å². The molecule has 0 spiro atoms. The summed E-state index contributed by atoms with van der Waals surface area (Å²) in [4.78, 5) is 54.8. The predicted octanol–water partition coefficient (Wildman–Crippen LogP) is 2.69. The minimum atomic E-state index is -0.661. The van der Waals surface area contributed by atoms with Crippen LogP contribution in [0.1, 0.15) is 60.6 Å². The van der Waals surface area contributed by atoms with Crippen LogP contribution in [-0.4, -0.2) is 43.4 Å². The van der Waals surface area contributed by atoms with Crippen LogP contribution in [0.5, 0.6) is 0 Å². The first-order chi connectivity index (χ1) is 15.6. The Kier molecular flexibility index (Phi) is 6.63. The van der Waals surface area contributed by atoms with Crippen molar-refractivity contribution < 1.29 is 14.3 Å². The fourth-order valence-electron chi connectivity index (χ4n) is 4.29. The Balaban J connectivity index is 1.63. The average molecular weight is 435 g/mol. The lowest BCUT2D eigenvalue weighted by Gasteiger charge is -2.27. The van der Waals surface area contributed by atoms with Crippen molar-refractivity contribution in [1.29, 1.82) is 0 Å². The highest BCUT2D eigenvalue weighted by molar-refractivity contribution is 5.89. The SMILES string of the molecule is COC(=O)c1ccc(CC(=O)C(CC2CCCCC2)n2cnc3nccnc3c2=O)nc1. The van der Waals surface area contributed by atoms with Gasteiger partial charge in [0.05, 0.1) is 25.1 Å². The number of carbonyl (C=O) groups excluding carboxylic acids is 2. The number of nitrogens with zero attached hydrogens (tertiary/aromatic N) is 5. The zero-order valence-electron chi connectivity index (χ0n) is 17.9. The van der Waals surface area contributed by atoms with Crippen molar-refractivity contribution in [3.63, 3.8) is 0 Å². The van der Waals surface area contributed by atoms with Crippen LogP contribution in [0.3, 0.4) is 0 Å². The molecule has 0 N–H and O–H groups in total. The lowest BCUT2D eigenvalue weighted by atomic mass is 9.83. The summed E-state index contributed by atoms with van der Waals surface area (Å²) in [6.07, 6.45) is 11.9. The molecule has 1 saturated carbocycles. The van der Waals surface area contributed by atoms with E-state index in [1.165, 1.54) is 43.0 Å². The summed E-state index contributed by atoms with van der Waals surface area (Å²) in [5.41, 5.74) is 0.884. The number of hydrogen-bond acceptors (Lipinski definition) is 8. The molecule has 0 amide bonds. The molecule has 1 fully saturated rings. The number of esters is 1. The van der Waals surface area contributed by atoms with Gasteiger partial charge in [-0.25, -0.2) is 19.7 Å². The van der Waals surface area contributed by atoms with E-state index >= 15 is 0 Å². The van der Waals surface area contributed by atoms with E-state index in [0.29, 0.717) is 23.6 Å². The molecule has 4 rings (SSSR count). The topological polar surface area (TPSA) is 117 Å². The first kappa shape index (κ1) is 21.7. The summed E-state index contributed by atoms with van der Waals surface area (Å²) < 4.78 is 6.08.